The van der Waals surface area contributed by atoms with Crippen molar-refractivity contribution in [3.63, 3.8) is 0 Å². The summed E-state index contributed by atoms with van der Waals surface area (Å²) in [7, 11) is 0. The molecule has 1 aliphatic rings. The van der Waals surface area contributed by atoms with Crippen molar-refractivity contribution in [3.8, 4) is 0 Å². The Kier molecular flexibility index (Phi) is 6.47. The molecule has 3 N–H and O–H groups in total. The molecule has 4 nitrogen and oxygen atoms in total. The van der Waals surface area contributed by atoms with Crippen LogP contribution in [0.3, 0.4) is 0 Å². The van der Waals surface area contributed by atoms with Crippen LogP contribution < -0.4 is 11.3 Å². The second kappa shape index (κ2) is 9.25. The van der Waals surface area contributed by atoms with Crippen molar-refractivity contribution in [3.05, 3.63) is 70.1 Å². The van der Waals surface area contributed by atoms with Crippen LogP contribution in [0.25, 0.3) is 23.1 Å². The molecule has 3 aromatic rings. The van der Waals surface area contributed by atoms with Crippen molar-refractivity contribution >= 4 is 34.7 Å². The van der Waals surface area contributed by atoms with Gasteiger partial charge in [-0.15, -0.1) is 0 Å². The first-order valence-corrected chi connectivity index (χ1v) is 11.1. The molecule has 5 heteroatoms. The fourth-order valence-electron chi connectivity index (χ4n) is 4.21. The van der Waals surface area contributed by atoms with Gasteiger partial charge in [-0.05, 0) is 73.1 Å². The molecule has 1 aliphatic carbocycles. The lowest BCUT2D eigenvalue weighted by Gasteiger charge is -2.28. The van der Waals surface area contributed by atoms with E-state index in [-0.39, 0.29) is 0 Å². The van der Waals surface area contributed by atoms with Crippen LogP contribution in [0.5, 0.6) is 0 Å². The van der Waals surface area contributed by atoms with Gasteiger partial charge in [0.25, 0.3) is 0 Å². The third-order valence-corrected chi connectivity index (χ3v) is 6.33. The van der Waals surface area contributed by atoms with E-state index >= 15 is 0 Å². The maximum absolute atomic E-state index is 6.00. The number of hydrogen-bond donors (Lipinski definition) is 2. The fraction of sp³-hybridized carbons (Fsp3) is 0.360. The van der Waals surface area contributed by atoms with E-state index in [9.17, 15) is 0 Å². The summed E-state index contributed by atoms with van der Waals surface area (Å²) in [4.78, 5) is 9.87. The molecule has 0 saturated heterocycles. The zero-order chi connectivity index (χ0) is 21.1. The normalized spacial score (nSPS) is 19.8. The summed E-state index contributed by atoms with van der Waals surface area (Å²) in [5, 5.41) is 1.92. The first kappa shape index (κ1) is 21.0. The molecular weight excluding hydrogens is 392 g/mol. The van der Waals surface area contributed by atoms with Crippen molar-refractivity contribution in [2.24, 2.45) is 5.84 Å². The third-order valence-electron chi connectivity index (χ3n) is 6.08. The van der Waals surface area contributed by atoms with Crippen LogP contribution in [0, 0.1) is 0 Å². The molecule has 30 heavy (non-hydrogen) atoms. The average molecular weight is 421 g/mol. The molecule has 0 radical (unpaired) electrons. The Hall–Kier alpha value is -2.27. The second-order valence-corrected chi connectivity index (χ2v) is 8.93. The van der Waals surface area contributed by atoms with E-state index in [0.717, 1.165) is 47.6 Å². The minimum atomic E-state index is 0.407. The number of hydrazine groups is 1. The SMILES string of the molecule is CC(C)c1ccc2nc(C=Cc3ccc(Cl)cc3)nc(C3CCC(NN)CC3)c2c1. The van der Waals surface area contributed by atoms with Crippen molar-refractivity contribution in [2.45, 2.75) is 57.4 Å². The summed E-state index contributed by atoms with van der Waals surface area (Å²) in [5.41, 5.74) is 7.53. The molecule has 4 rings (SSSR count). The molecule has 0 spiro atoms. The first-order valence-electron chi connectivity index (χ1n) is 10.7. The number of rotatable bonds is 5. The monoisotopic (exact) mass is 420 g/mol. The van der Waals surface area contributed by atoms with Crippen LogP contribution in [-0.2, 0) is 0 Å². The highest BCUT2D eigenvalue weighted by Crippen LogP contribution is 2.36. The predicted octanol–water partition coefficient (Wildman–Crippen LogP) is 6.07. The van der Waals surface area contributed by atoms with Crippen LogP contribution >= 0.6 is 11.6 Å². The van der Waals surface area contributed by atoms with Gasteiger partial charge in [0.2, 0.25) is 0 Å². The maximum atomic E-state index is 6.00. The molecule has 0 amide bonds. The fourth-order valence-corrected chi connectivity index (χ4v) is 4.34. The summed E-state index contributed by atoms with van der Waals surface area (Å²) >= 11 is 6.00. The number of nitrogens with one attached hydrogen (secondary N) is 1. The summed E-state index contributed by atoms with van der Waals surface area (Å²) < 4.78 is 0. The summed E-state index contributed by atoms with van der Waals surface area (Å²) in [6.45, 7) is 4.45. The zero-order valence-electron chi connectivity index (χ0n) is 17.6. The molecule has 1 saturated carbocycles. The van der Waals surface area contributed by atoms with Crippen LogP contribution in [0.1, 0.15) is 74.0 Å². The smallest absolute Gasteiger partial charge is 0.152 e. The quantitative estimate of drug-likeness (QED) is 0.388. The summed E-state index contributed by atoms with van der Waals surface area (Å²) in [6, 6.07) is 14.8. The number of hydrogen-bond acceptors (Lipinski definition) is 4. The van der Waals surface area contributed by atoms with Gasteiger partial charge in [-0.25, -0.2) is 9.97 Å². The first-order chi connectivity index (χ1) is 14.5. The largest absolute Gasteiger partial charge is 0.271 e. The van der Waals surface area contributed by atoms with E-state index in [1.165, 1.54) is 16.6 Å². The number of nitrogens with zero attached hydrogens (tertiary/aromatic N) is 2. The Morgan fingerprint density at radius 2 is 1.73 bits per heavy atom. The van der Waals surface area contributed by atoms with Crippen molar-refractivity contribution in [1.29, 1.82) is 0 Å². The summed E-state index contributed by atoms with van der Waals surface area (Å²) in [5.74, 6) is 7.33. The van der Waals surface area contributed by atoms with Crippen LogP contribution in [-0.4, -0.2) is 16.0 Å². The van der Waals surface area contributed by atoms with E-state index in [1.807, 2.05) is 36.4 Å². The Balaban J connectivity index is 1.73. The molecule has 1 aromatic heterocycles. The number of fused-ring (bicyclic) bond motifs is 1. The molecule has 156 valence electrons. The molecule has 0 bridgehead atoms. The highest BCUT2D eigenvalue weighted by atomic mass is 35.5. The average Bonchev–Trinajstić information content (AvgIpc) is 2.78. The Morgan fingerprint density at radius 3 is 2.40 bits per heavy atom. The number of aromatic nitrogens is 2. The van der Waals surface area contributed by atoms with E-state index in [2.05, 4.69) is 37.5 Å². The van der Waals surface area contributed by atoms with Crippen molar-refractivity contribution in [2.75, 3.05) is 0 Å². The van der Waals surface area contributed by atoms with Gasteiger partial charge < -0.3 is 0 Å². The van der Waals surface area contributed by atoms with E-state index in [0.29, 0.717) is 17.9 Å². The zero-order valence-corrected chi connectivity index (χ0v) is 18.4. The van der Waals surface area contributed by atoms with Gasteiger partial charge in [0.1, 0.15) is 0 Å². The molecule has 0 atom stereocenters. The lowest BCUT2D eigenvalue weighted by molar-refractivity contribution is 0.344. The third kappa shape index (κ3) is 4.72. The lowest BCUT2D eigenvalue weighted by Crippen LogP contribution is -2.37. The second-order valence-electron chi connectivity index (χ2n) is 8.50. The minimum Gasteiger partial charge on any atom is -0.271 e. The van der Waals surface area contributed by atoms with Crippen LogP contribution in [0.4, 0.5) is 0 Å². The molecule has 0 unspecified atom stereocenters. The Bertz CT molecular complexity index is 1030. The molecule has 2 aromatic carbocycles. The van der Waals surface area contributed by atoms with Gasteiger partial charge in [0, 0.05) is 22.4 Å². The predicted molar refractivity (Wildman–Crippen MR) is 126 cm³/mol. The minimum absolute atomic E-state index is 0.407. The van der Waals surface area contributed by atoms with Crippen LogP contribution in [0.15, 0.2) is 42.5 Å². The lowest BCUT2D eigenvalue weighted by atomic mass is 9.82. The molecule has 0 aliphatic heterocycles. The standard InChI is InChI=1S/C25H29ClN4/c1-16(2)19-8-13-23-22(15-19)25(18-6-11-21(30-27)12-7-18)29-24(28-23)14-5-17-3-9-20(26)10-4-17/h3-5,8-10,13-16,18,21,30H,6-7,11-12,27H2,1-2H3. The molecule has 1 heterocycles. The Labute approximate surface area is 183 Å². The van der Waals surface area contributed by atoms with Gasteiger partial charge in [-0.2, -0.15) is 0 Å². The maximum Gasteiger partial charge on any atom is 0.152 e. The van der Waals surface area contributed by atoms with E-state index < -0.39 is 0 Å². The molecular formula is C25H29ClN4. The highest BCUT2D eigenvalue weighted by molar-refractivity contribution is 6.30. The Morgan fingerprint density at radius 1 is 1.00 bits per heavy atom. The van der Waals surface area contributed by atoms with Gasteiger partial charge in [0.05, 0.1) is 11.2 Å². The number of halogens is 1. The van der Waals surface area contributed by atoms with Gasteiger partial charge >= 0.3 is 0 Å². The van der Waals surface area contributed by atoms with Crippen molar-refractivity contribution < 1.29 is 0 Å². The van der Waals surface area contributed by atoms with Crippen LogP contribution in [0.2, 0.25) is 5.02 Å². The van der Waals surface area contributed by atoms with Gasteiger partial charge in [0.15, 0.2) is 5.82 Å². The van der Waals surface area contributed by atoms with Gasteiger partial charge in [-0.3, -0.25) is 11.3 Å². The number of nitrogens with two attached hydrogens (primary N) is 1. The topological polar surface area (TPSA) is 63.8 Å². The van der Waals surface area contributed by atoms with E-state index in [1.54, 1.807) is 0 Å². The molecule has 1 fully saturated rings. The van der Waals surface area contributed by atoms with E-state index in [4.69, 9.17) is 27.4 Å². The number of benzene rings is 2. The summed E-state index contributed by atoms with van der Waals surface area (Å²) in [6.07, 6.45) is 8.37. The van der Waals surface area contributed by atoms with Gasteiger partial charge in [-0.1, -0.05) is 49.7 Å². The highest BCUT2D eigenvalue weighted by Gasteiger charge is 2.25. The van der Waals surface area contributed by atoms with Crippen molar-refractivity contribution in [1.82, 2.24) is 15.4 Å².